The zero-order chi connectivity index (χ0) is 16.7. The van der Waals surface area contributed by atoms with Crippen molar-refractivity contribution in [1.29, 1.82) is 0 Å². The van der Waals surface area contributed by atoms with Gasteiger partial charge in [0.15, 0.2) is 0 Å². The van der Waals surface area contributed by atoms with E-state index in [1.54, 1.807) is 0 Å². The van der Waals surface area contributed by atoms with Crippen LogP contribution in [0.4, 0.5) is 0 Å². The Bertz CT molecular complexity index is 559. The van der Waals surface area contributed by atoms with Crippen LogP contribution < -0.4 is 0 Å². The number of carbonyl (C=O) groups is 1. The van der Waals surface area contributed by atoms with E-state index in [0.717, 1.165) is 31.1 Å². The van der Waals surface area contributed by atoms with Gasteiger partial charge in [0.05, 0.1) is 11.5 Å². The van der Waals surface area contributed by atoms with Crippen molar-refractivity contribution < 1.29 is 14.6 Å². The molecule has 1 N–H and O–H groups in total. The van der Waals surface area contributed by atoms with E-state index in [2.05, 4.69) is 13.8 Å². The molecule has 1 aliphatic heterocycles. The third-order valence-corrected chi connectivity index (χ3v) is 9.46. The van der Waals surface area contributed by atoms with Gasteiger partial charge in [0.2, 0.25) is 0 Å². The van der Waals surface area contributed by atoms with Gasteiger partial charge in [-0.15, -0.1) is 0 Å². The van der Waals surface area contributed by atoms with Gasteiger partial charge in [-0.25, -0.2) is 0 Å². The zero-order valence-corrected chi connectivity index (χ0v) is 15.2. The number of esters is 1. The third kappa shape index (κ3) is 1.75. The predicted octanol–water partition coefficient (Wildman–Crippen LogP) is 3.93. The Kier molecular flexibility index (Phi) is 3.26. The second-order valence-corrected chi connectivity index (χ2v) is 9.96. The number of fused-ring (bicyclic) bond motifs is 4. The van der Waals surface area contributed by atoms with E-state index in [9.17, 15) is 9.90 Å². The lowest BCUT2D eigenvalue weighted by atomic mass is 9.44. The summed E-state index contributed by atoms with van der Waals surface area (Å²) >= 11 is 0. The average molecular weight is 332 g/mol. The standard InChI is InChI=1S/C21H32O3/c1-12-16-5-6-18-15-4-3-13-11-14(22)7-9-20(13,2)17(15)8-10-21(16,18)19(23)24-12/h12-18,22H,3-11H2,1-2H3/t12-,13+,14-,15-,16-,17+,18+,20+,21+/m1/s1. The first-order valence-corrected chi connectivity index (χ1v) is 10.4. The van der Waals surface area contributed by atoms with Crippen molar-refractivity contribution in [3.63, 3.8) is 0 Å². The summed E-state index contributed by atoms with van der Waals surface area (Å²) < 4.78 is 5.74. The van der Waals surface area contributed by atoms with E-state index in [1.807, 2.05) is 0 Å². The van der Waals surface area contributed by atoms with Crippen molar-refractivity contribution in [2.75, 3.05) is 0 Å². The summed E-state index contributed by atoms with van der Waals surface area (Å²) in [4.78, 5) is 12.8. The maximum atomic E-state index is 12.8. The van der Waals surface area contributed by atoms with E-state index in [1.165, 1.54) is 38.5 Å². The summed E-state index contributed by atoms with van der Waals surface area (Å²) in [5.74, 6) is 3.38. The first-order valence-electron chi connectivity index (χ1n) is 10.4. The van der Waals surface area contributed by atoms with Crippen LogP contribution in [0.2, 0.25) is 0 Å². The molecule has 4 aliphatic carbocycles. The number of cyclic esters (lactones) is 1. The Balaban J connectivity index is 1.48. The van der Waals surface area contributed by atoms with Crippen LogP contribution in [0.5, 0.6) is 0 Å². The van der Waals surface area contributed by atoms with Gasteiger partial charge >= 0.3 is 5.97 Å². The third-order valence-electron chi connectivity index (χ3n) is 9.46. The first kappa shape index (κ1) is 15.7. The molecule has 0 aromatic heterocycles. The molecule has 1 heterocycles. The molecule has 0 radical (unpaired) electrons. The molecule has 4 saturated carbocycles. The Labute approximate surface area is 145 Å². The summed E-state index contributed by atoms with van der Waals surface area (Å²) in [6.07, 6.45) is 10.5. The minimum Gasteiger partial charge on any atom is -0.462 e. The van der Waals surface area contributed by atoms with Crippen molar-refractivity contribution in [2.24, 2.45) is 40.4 Å². The normalized spacial score (nSPS) is 59.1. The highest BCUT2D eigenvalue weighted by atomic mass is 16.6. The summed E-state index contributed by atoms with van der Waals surface area (Å²) in [7, 11) is 0. The molecule has 5 fully saturated rings. The number of aliphatic hydroxyl groups is 1. The highest BCUT2D eigenvalue weighted by Gasteiger charge is 2.68. The molecule has 0 bridgehead atoms. The lowest BCUT2D eigenvalue weighted by molar-refractivity contribution is -0.163. The Morgan fingerprint density at radius 2 is 1.79 bits per heavy atom. The summed E-state index contributed by atoms with van der Waals surface area (Å²) in [5.41, 5.74) is 0.272. The Hall–Kier alpha value is -0.570. The SMILES string of the molecule is C[C@H]1OC(=O)[C@]23CC[C@H]4[C@@H](CC[C@H]5C[C@H](O)CC[C@@]54C)[C@@H]2CC[C@H]13. The highest BCUT2D eigenvalue weighted by molar-refractivity contribution is 5.81. The van der Waals surface area contributed by atoms with Crippen LogP contribution in [-0.4, -0.2) is 23.3 Å². The number of ether oxygens (including phenoxy) is 1. The van der Waals surface area contributed by atoms with Crippen LogP contribution in [0.15, 0.2) is 0 Å². The topological polar surface area (TPSA) is 46.5 Å². The molecular weight excluding hydrogens is 300 g/mol. The molecule has 5 rings (SSSR count). The second kappa shape index (κ2) is 4.99. The molecule has 1 spiro atoms. The molecule has 3 heteroatoms. The van der Waals surface area contributed by atoms with Crippen molar-refractivity contribution in [2.45, 2.75) is 83.8 Å². The maximum absolute atomic E-state index is 12.8. The van der Waals surface area contributed by atoms with Gasteiger partial charge in [-0.05, 0) is 93.8 Å². The summed E-state index contributed by atoms with van der Waals surface area (Å²) in [5, 5.41) is 10.1. The van der Waals surface area contributed by atoms with E-state index in [0.29, 0.717) is 23.2 Å². The van der Waals surface area contributed by atoms with E-state index < -0.39 is 0 Å². The molecule has 134 valence electrons. The van der Waals surface area contributed by atoms with E-state index in [4.69, 9.17) is 4.74 Å². The lowest BCUT2D eigenvalue weighted by Gasteiger charge is -2.60. The zero-order valence-electron chi connectivity index (χ0n) is 15.2. The molecule has 3 nitrogen and oxygen atoms in total. The molecule has 5 aliphatic rings. The molecule has 24 heavy (non-hydrogen) atoms. The first-order chi connectivity index (χ1) is 11.5. The molecule has 0 aromatic rings. The fraction of sp³-hybridized carbons (Fsp3) is 0.952. The molecule has 0 amide bonds. The van der Waals surface area contributed by atoms with Gasteiger partial charge in [0.25, 0.3) is 0 Å². The number of rotatable bonds is 0. The Morgan fingerprint density at radius 1 is 1.00 bits per heavy atom. The van der Waals surface area contributed by atoms with Gasteiger partial charge in [-0.1, -0.05) is 6.92 Å². The Morgan fingerprint density at radius 3 is 2.62 bits per heavy atom. The number of carbonyl (C=O) groups excluding carboxylic acids is 1. The number of hydrogen-bond acceptors (Lipinski definition) is 3. The molecule has 9 atom stereocenters. The van der Waals surface area contributed by atoms with Crippen LogP contribution in [0.3, 0.4) is 0 Å². The van der Waals surface area contributed by atoms with Gasteiger partial charge < -0.3 is 9.84 Å². The van der Waals surface area contributed by atoms with Crippen molar-refractivity contribution in [3.05, 3.63) is 0 Å². The van der Waals surface area contributed by atoms with E-state index in [-0.39, 0.29) is 23.6 Å². The van der Waals surface area contributed by atoms with Crippen LogP contribution in [-0.2, 0) is 9.53 Å². The van der Waals surface area contributed by atoms with Crippen LogP contribution >= 0.6 is 0 Å². The lowest BCUT2D eigenvalue weighted by Crippen LogP contribution is -2.55. The minimum absolute atomic E-state index is 0.0731. The van der Waals surface area contributed by atoms with Crippen molar-refractivity contribution in [1.82, 2.24) is 0 Å². The predicted molar refractivity (Wildman–Crippen MR) is 91.1 cm³/mol. The summed E-state index contributed by atoms with van der Waals surface area (Å²) in [6.45, 7) is 4.63. The molecule has 1 saturated heterocycles. The van der Waals surface area contributed by atoms with Crippen LogP contribution in [0, 0.1) is 40.4 Å². The van der Waals surface area contributed by atoms with E-state index >= 15 is 0 Å². The largest absolute Gasteiger partial charge is 0.462 e. The average Bonchev–Trinajstić information content (AvgIpc) is 3.05. The van der Waals surface area contributed by atoms with Gasteiger partial charge in [-0.2, -0.15) is 0 Å². The summed E-state index contributed by atoms with van der Waals surface area (Å²) in [6, 6.07) is 0. The molecule has 0 aromatic carbocycles. The smallest absolute Gasteiger partial charge is 0.313 e. The highest BCUT2D eigenvalue weighted by Crippen LogP contribution is 2.69. The van der Waals surface area contributed by atoms with Crippen molar-refractivity contribution in [3.8, 4) is 0 Å². The van der Waals surface area contributed by atoms with Crippen LogP contribution in [0.25, 0.3) is 0 Å². The molecular formula is C21H32O3. The second-order valence-electron chi connectivity index (χ2n) is 9.96. The van der Waals surface area contributed by atoms with Gasteiger partial charge in [0, 0.05) is 5.92 Å². The van der Waals surface area contributed by atoms with Gasteiger partial charge in [-0.3, -0.25) is 4.79 Å². The monoisotopic (exact) mass is 332 g/mol. The molecule has 0 unspecified atom stereocenters. The minimum atomic E-state index is -0.127. The fourth-order valence-electron chi connectivity index (χ4n) is 8.37. The maximum Gasteiger partial charge on any atom is 0.313 e. The quantitative estimate of drug-likeness (QED) is 0.684. The fourth-order valence-corrected chi connectivity index (χ4v) is 8.37. The van der Waals surface area contributed by atoms with Crippen LogP contribution in [0.1, 0.15) is 71.6 Å². The number of hydrogen-bond donors (Lipinski definition) is 1. The number of aliphatic hydroxyl groups excluding tert-OH is 1. The van der Waals surface area contributed by atoms with Crippen molar-refractivity contribution >= 4 is 5.97 Å². The van der Waals surface area contributed by atoms with Gasteiger partial charge in [0.1, 0.15) is 6.10 Å².